The zero-order chi connectivity index (χ0) is 18.7. The largest absolute Gasteiger partial charge is 0.382 e. The topological polar surface area (TPSA) is 25.2 Å². The summed E-state index contributed by atoms with van der Waals surface area (Å²) in [6.45, 7) is 0. The van der Waals surface area contributed by atoms with E-state index in [1.807, 2.05) is 0 Å². The van der Waals surface area contributed by atoms with Crippen molar-refractivity contribution in [2.75, 3.05) is 0 Å². The van der Waals surface area contributed by atoms with Crippen LogP contribution in [0.2, 0.25) is 0 Å². The molecule has 1 heterocycles. The van der Waals surface area contributed by atoms with Crippen LogP contribution in [0, 0.1) is 46.3 Å². The number of aliphatic hydroxyl groups is 1. The van der Waals surface area contributed by atoms with E-state index in [1.54, 1.807) is 0 Å². The molecule has 28 heavy (non-hydrogen) atoms. The van der Waals surface area contributed by atoms with Crippen molar-refractivity contribution >= 4 is 0 Å². The summed E-state index contributed by atoms with van der Waals surface area (Å²) in [6.07, 6.45) is 18.8. The van der Waals surface area contributed by atoms with Crippen LogP contribution >= 0.6 is 0 Å². The van der Waals surface area contributed by atoms with Gasteiger partial charge in [0.15, 0.2) is 0 Å². The van der Waals surface area contributed by atoms with E-state index in [1.165, 1.54) is 82.7 Å². The van der Waals surface area contributed by atoms with Gasteiger partial charge in [0, 0.05) is 24.1 Å². The van der Waals surface area contributed by atoms with Crippen LogP contribution in [0.5, 0.6) is 0 Å². The lowest BCUT2D eigenvalue weighted by Gasteiger charge is -2.70. The summed E-state index contributed by atoms with van der Waals surface area (Å²) in [5, 5.41) is 13.3. The highest BCUT2D eigenvalue weighted by atomic mass is 16.3. The Morgan fingerprint density at radius 1 is 0.750 bits per heavy atom. The number of nitrogens with zero attached hydrogens (tertiary/aromatic N) is 1. The molecule has 0 spiro atoms. The first kappa shape index (κ1) is 17.0. The third kappa shape index (κ3) is 1.95. The van der Waals surface area contributed by atoms with Crippen LogP contribution in [0.3, 0.4) is 0 Å². The van der Waals surface area contributed by atoms with Crippen molar-refractivity contribution in [2.24, 2.45) is 53.4 Å². The van der Waals surface area contributed by atoms with E-state index in [0.29, 0.717) is 0 Å². The molecule has 8 aliphatic carbocycles. The molecule has 9 rings (SSSR count). The van der Waals surface area contributed by atoms with Gasteiger partial charge in [0.2, 0.25) is 0 Å². The normalized spacial score (nSPS) is 52.9. The summed E-state index contributed by atoms with van der Waals surface area (Å²) in [4.78, 5) is 0. The van der Waals surface area contributed by atoms with Crippen molar-refractivity contribution in [1.82, 2.24) is 4.57 Å². The first-order valence-electron chi connectivity index (χ1n) is 12.3. The molecule has 0 aromatic carbocycles. The van der Waals surface area contributed by atoms with Gasteiger partial charge >= 0.3 is 0 Å². The van der Waals surface area contributed by atoms with Crippen LogP contribution in [-0.2, 0) is 12.6 Å². The third-order valence-corrected chi connectivity index (χ3v) is 10.9. The quantitative estimate of drug-likeness (QED) is 0.722. The van der Waals surface area contributed by atoms with Gasteiger partial charge in [-0.3, -0.25) is 0 Å². The fourth-order valence-electron chi connectivity index (χ4n) is 11.1. The van der Waals surface area contributed by atoms with Gasteiger partial charge in [0.25, 0.3) is 0 Å². The molecule has 1 aromatic heterocycles. The number of hydrogen-bond donors (Lipinski definition) is 1. The standard InChI is InChI=1S/C26H37NO/c1-27-4-2-3-23(27)26(28,24-11-17-5-18(12-24)7-19(6-17)13-24)25-14-20-8-21(15-25)10-22(9-20)16-25/h2-4,17-22,28H,5-16H2,1H3. The maximum absolute atomic E-state index is 13.3. The van der Waals surface area contributed by atoms with Gasteiger partial charge < -0.3 is 9.67 Å². The van der Waals surface area contributed by atoms with Gasteiger partial charge in [-0.2, -0.15) is 0 Å². The van der Waals surface area contributed by atoms with Crippen molar-refractivity contribution in [3.05, 3.63) is 24.0 Å². The summed E-state index contributed by atoms with van der Waals surface area (Å²) in [7, 11) is 2.20. The smallest absolute Gasteiger partial charge is 0.116 e. The first-order chi connectivity index (χ1) is 13.5. The summed E-state index contributed by atoms with van der Waals surface area (Å²) >= 11 is 0. The number of hydrogen-bond acceptors (Lipinski definition) is 1. The summed E-state index contributed by atoms with van der Waals surface area (Å²) in [5.41, 5.74) is 0.972. The monoisotopic (exact) mass is 379 g/mol. The van der Waals surface area contributed by atoms with Crippen LogP contribution in [0.25, 0.3) is 0 Å². The van der Waals surface area contributed by atoms with E-state index in [0.717, 1.165) is 35.5 Å². The maximum Gasteiger partial charge on any atom is 0.116 e. The van der Waals surface area contributed by atoms with E-state index in [9.17, 15) is 5.11 Å². The van der Waals surface area contributed by atoms with E-state index in [2.05, 4.69) is 29.9 Å². The van der Waals surface area contributed by atoms with E-state index < -0.39 is 5.60 Å². The van der Waals surface area contributed by atoms with Crippen molar-refractivity contribution in [3.8, 4) is 0 Å². The van der Waals surface area contributed by atoms with Crippen LogP contribution in [0.1, 0.15) is 82.7 Å². The Bertz CT molecular complexity index is 689. The second-order valence-corrected chi connectivity index (χ2v) is 12.6. The van der Waals surface area contributed by atoms with Gasteiger partial charge in [-0.25, -0.2) is 0 Å². The fraction of sp³-hybridized carbons (Fsp3) is 0.846. The Morgan fingerprint density at radius 2 is 1.11 bits per heavy atom. The minimum atomic E-state index is -0.607. The van der Waals surface area contributed by atoms with Crippen molar-refractivity contribution in [2.45, 2.75) is 82.7 Å². The molecule has 8 bridgehead atoms. The molecule has 2 heteroatoms. The number of rotatable bonds is 3. The molecule has 0 aliphatic heterocycles. The SMILES string of the molecule is Cn1cccc1C(O)(C12CC3CC(CC(C3)C1)C2)C12CC3CC(CC(C3)C1)C2. The molecule has 0 atom stereocenters. The van der Waals surface area contributed by atoms with E-state index in [4.69, 9.17) is 0 Å². The summed E-state index contributed by atoms with van der Waals surface area (Å²) in [6, 6.07) is 4.50. The lowest BCUT2D eigenvalue weighted by Crippen LogP contribution is -2.67. The number of aromatic nitrogens is 1. The third-order valence-electron chi connectivity index (χ3n) is 10.9. The van der Waals surface area contributed by atoms with E-state index >= 15 is 0 Å². The molecule has 1 N–H and O–H groups in total. The molecule has 0 unspecified atom stereocenters. The molecular weight excluding hydrogens is 342 g/mol. The van der Waals surface area contributed by atoms with Gasteiger partial charge in [-0.15, -0.1) is 0 Å². The summed E-state index contributed by atoms with van der Waals surface area (Å²) in [5.74, 6) is 5.37. The molecule has 8 saturated carbocycles. The van der Waals surface area contributed by atoms with Crippen molar-refractivity contribution < 1.29 is 5.11 Å². The molecule has 2 nitrogen and oxygen atoms in total. The van der Waals surface area contributed by atoms with Crippen LogP contribution in [-0.4, -0.2) is 9.67 Å². The molecular formula is C26H37NO. The minimum absolute atomic E-state index is 0.152. The fourth-order valence-corrected chi connectivity index (χ4v) is 11.1. The van der Waals surface area contributed by atoms with E-state index in [-0.39, 0.29) is 10.8 Å². The number of aryl methyl sites for hydroxylation is 1. The van der Waals surface area contributed by atoms with Gasteiger partial charge in [-0.05, 0) is 125 Å². The van der Waals surface area contributed by atoms with Gasteiger partial charge in [0.1, 0.15) is 5.60 Å². The van der Waals surface area contributed by atoms with Crippen LogP contribution in [0.4, 0.5) is 0 Å². The molecule has 1 aromatic rings. The molecule has 0 radical (unpaired) electrons. The van der Waals surface area contributed by atoms with Gasteiger partial charge in [-0.1, -0.05) is 0 Å². The Hall–Kier alpha value is -0.760. The highest BCUT2D eigenvalue weighted by Gasteiger charge is 2.70. The second-order valence-electron chi connectivity index (χ2n) is 12.6. The maximum atomic E-state index is 13.3. The summed E-state index contributed by atoms with van der Waals surface area (Å²) < 4.78 is 2.30. The highest BCUT2D eigenvalue weighted by Crippen LogP contribution is 2.75. The second kappa shape index (κ2) is 5.29. The molecule has 0 amide bonds. The predicted octanol–water partition coefficient (Wildman–Crippen LogP) is 5.65. The zero-order valence-corrected chi connectivity index (χ0v) is 17.6. The van der Waals surface area contributed by atoms with Crippen LogP contribution in [0.15, 0.2) is 18.3 Å². The molecule has 8 aliphatic rings. The van der Waals surface area contributed by atoms with Crippen molar-refractivity contribution in [1.29, 1.82) is 0 Å². The Morgan fingerprint density at radius 3 is 1.39 bits per heavy atom. The lowest BCUT2D eigenvalue weighted by atomic mass is 9.36. The Labute approximate surface area is 170 Å². The molecule has 0 saturated heterocycles. The van der Waals surface area contributed by atoms with Crippen molar-refractivity contribution in [3.63, 3.8) is 0 Å². The zero-order valence-electron chi connectivity index (χ0n) is 17.6. The Balaban J connectivity index is 1.43. The average molecular weight is 380 g/mol. The minimum Gasteiger partial charge on any atom is -0.382 e. The molecule has 8 fully saturated rings. The lowest BCUT2D eigenvalue weighted by molar-refractivity contribution is -0.280. The Kier molecular flexibility index (Phi) is 3.20. The predicted molar refractivity (Wildman–Crippen MR) is 111 cm³/mol. The first-order valence-corrected chi connectivity index (χ1v) is 12.3. The average Bonchev–Trinajstić information content (AvgIpc) is 3.05. The molecule has 152 valence electrons. The van der Waals surface area contributed by atoms with Gasteiger partial charge in [0.05, 0.1) is 5.69 Å². The van der Waals surface area contributed by atoms with Crippen LogP contribution < -0.4 is 0 Å². The highest BCUT2D eigenvalue weighted by molar-refractivity contribution is 5.29.